The number of ether oxygens (including phenoxy) is 1. The fraction of sp³-hybridized carbons (Fsp3) is 0.333. The Morgan fingerprint density at radius 1 is 1.61 bits per heavy atom. The summed E-state index contributed by atoms with van der Waals surface area (Å²) in [6, 6.07) is 1.74. The second-order valence-electron chi connectivity index (χ2n) is 3.75. The monoisotopic (exact) mass is 265 g/mol. The molecular formula is C12H15N3O2S. The first-order chi connectivity index (χ1) is 8.79. The van der Waals surface area contributed by atoms with Crippen LogP contribution in [0, 0.1) is 0 Å². The van der Waals surface area contributed by atoms with Crippen molar-refractivity contribution in [3.8, 4) is 5.75 Å². The zero-order valence-corrected chi connectivity index (χ0v) is 10.9. The van der Waals surface area contributed by atoms with Crippen LogP contribution >= 0.6 is 11.3 Å². The van der Waals surface area contributed by atoms with Crippen LogP contribution in [0.1, 0.15) is 21.9 Å². The molecule has 0 atom stereocenters. The van der Waals surface area contributed by atoms with Gasteiger partial charge in [0.05, 0.1) is 12.0 Å². The van der Waals surface area contributed by atoms with Crippen LogP contribution in [0.2, 0.25) is 0 Å². The summed E-state index contributed by atoms with van der Waals surface area (Å²) >= 11 is 1.38. The number of rotatable bonds is 6. The third-order valence-corrected chi connectivity index (χ3v) is 3.37. The fourth-order valence-electron chi connectivity index (χ4n) is 1.52. The number of aromatic nitrogens is 2. The molecule has 18 heavy (non-hydrogen) atoms. The fourth-order valence-corrected chi connectivity index (χ4v) is 2.30. The lowest BCUT2D eigenvalue weighted by Gasteiger charge is -2.02. The van der Waals surface area contributed by atoms with Gasteiger partial charge >= 0.3 is 0 Å². The summed E-state index contributed by atoms with van der Waals surface area (Å²) in [5.41, 5.74) is 0. The van der Waals surface area contributed by atoms with Crippen LogP contribution in [-0.4, -0.2) is 29.5 Å². The van der Waals surface area contributed by atoms with E-state index in [0.29, 0.717) is 11.4 Å². The summed E-state index contributed by atoms with van der Waals surface area (Å²) in [7, 11) is 1.59. The van der Waals surface area contributed by atoms with Crippen molar-refractivity contribution in [1.29, 1.82) is 0 Å². The molecule has 5 nitrogen and oxygen atoms in total. The number of hydrogen-bond acceptors (Lipinski definition) is 4. The Balaban J connectivity index is 1.71. The van der Waals surface area contributed by atoms with Crippen molar-refractivity contribution >= 4 is 17.2 Å². The van der Waals surface area contributed by atoms with Crippen molar-refractivity contribution in [2.75, 3.05) is 13.7 Å². The maximum Gasteiger partial charge on any atom is 0.261 e. The first-order valence-corrected chi connectivity index (χ1v) is 6.56. The lowest BCUT2D eigenvalue weighted by atomic mass is 10.3. The van der Waals surface area contributed by atoms with Gasteiger partial charge in [0.2, 0.25) is 0 Å². The number of thiophene rings is 1. The number of aromatic amines is 1. The molecular weight excluding hydrogens is 250 g/mol. The molecule has 2 heterocycles. The highest BCUT2D eigenvalue weighted by Gasteiger charge is 2.08. The van der Waals surface area contributed by atoms with Gasteiger partial charge in [0.1, 0.15) is 11.6 Å². The van der Waals surface area contributed by atoms with Crippen molar-refractivity contribution in [3.05, 3.63) is 34.5 Å². The molecule has 0 aliphatic rings. The van der Waals surface area contributed by atoms with Crippen molar-refractivity contribution in [2.24, 2.45) is 0 Å². The average Bonchev–Trinajstić information content (AvgIpc) is 3.05. The molecule has 0 aliphatic heterocycles. The Morgan fingerprint density at radius 2 is 2.50 bits per heavy atom. The minimum absolute atomic E-state index is 0.0530. The summed E-state index contributed by atoms with van der Waals surface area (Å²) in [6.45, 7) is 0.639. The first kappa shape index (κ1) is 12.6. The van der Waals surface area contributed by atoms with Gasteiger partial charge < -0.3 is 15.0 Å². The van der Waals surface area contributed by atoms with Gasteiger partial charge in [-0.3, -0.25) is 4.79 Å². The summed E-state index contributed by atoms with van der Waals surface area (Å²) in [5, 5.41) is 4.69. The van der Waals surface area contributed by atoms with Gasteiger partial charge in [-0.1, -0.05) is 0 Å². The molecule has 0 bridgehead atoms. The van der Waals surface area contributed by atoms with Gasteiger partial charge in [-0.15, -0.1) is 11.3 Å². The Bertz CT molecular complexity index is 493. The Labute approximate surface area is 109 Å². The number of methoxy groups -OCH3 is 1. The van der Waals surface area contributed by atoms with E-state index in [4.69, 9.17) is 4.74 Å². The molecule has 2 N–H and O–H groups in total. The van der Waals surface area contributed by atoms with Gasteiger partial charge in [-0.05, 0) is 6.42 Å². The second kappa shape index (κ2) is 6.20. The standard InChI is InChI=1S/C12H15N3O2S/c1-17-9-7-10(18-8-9)12(16)15-4-2-3-11-13-5-6-14-11/h5-8H,2-4H2,1H3,(H,13,14)(H,15,16). The highest BCUT2D eigenvalue weighted by Crippen LogP contribution is 2.20. The SMILES string of the molecule is COc1csc(C(=O)NCCCc2ncc[nH]2)c1. The minimum atomic E-state index is -0.0530. The van der Waals surface area contributed by atoms with Crippen molar-refractivity contribution in [2.45, 2.75) is 12.8 Å². The van der Waals surface area contributed by atoms with Gasteiger partial charge in [0, 0.05) is 36.8 Å². The molecule has 6 heteroatoms. The lowest BCUT2D eigenvalue weighted by Crippen LogP contribution is -2.23. The third kappa shape index (κ3) is 3.33. The van der Waals surface area contributed by atoms with E-state index >= 15 is 0 Å². The second-order valence-corrected chi connectivity index (χ2v) is 4.66. The average molecular weight is 265 g/mol. The van der Waals surface area contributed by atoms with Gasteiger partial charge in [0.15, 0.2) is 0 Å². The van der Waals surface area contributed by atoms with E-state index in [0.717, 1.165) is 24.4 Å². The zero-order chi connectivity index (χ0) is 12.8. The number of aryl methyl sites for hydroxylation is 1. The van der Waals surface area contributed by atoms with E-state index in [1.165, 1.54) is 11.3 Å². The van der Waals surface area contributed by atoms with E-state index in [9.17, 15) is 4.79 Å². The summed E-state index contributed by atoms with van der Waals surface area (Å²) in [6.07, 6.45) is 5.22. The maximum atomic E-state index is 11.8. The van der Waals surface area contributed by atoms with Crippen LogP contribution < -0.4 is 10.1 Å². The molecule has 0 aliphatic carbocycles. The van der Waals surface area contributed by atoms with E-state index in [1.807, 2.05) is 5.38 Å². The number of carbonyl (C=O) groups excluding carboxylic acids is 1. The molecule has 0 fully saturated rings. The number of H-pyrrole nitrogens is 1. The van der Waals surface area contributed by atoms with Crippen molar-refractivity contribution in [3.63, 3.8) is 0 Å². The van der Waals surface area contributed by atoms with Crippen LogP contribution in [0.4, 0.5) is 0 Å². The van der Waals surface area contributed by atoms with Crippen molar-refractivity contribution in [1.82, 2.24) is 15.3 Å². The van der Waals surface area contributed by atoms with Gasteiger partial charge in [0.25, 0.3) is 5.91 Å². The zero-order valence-electron chi connectivity index (χ0n) is 10.1. The Morgan fingerprint density at radius 3 is 3.17 bits per heavy atom. The predicted molar refractivity (Wildman–Crippen MR) is 70.1 cm³/mol. The molecule has 2 rings (SSSR count). The smallest absolute Gasteiger partial charge is 0.261 e. The molecule has 0 spiro atoms. The summed E-state index contributed by atoms with van der Waals surface area (Å²) in [4.78, 5) is 19.6. The predicted octanol–water partition coefficient (Wildman–Crippen LogP) is 1.84. The van der Waals surface area contributed by atoms with E-state index < -0.39 is 0 Å². The molecule has 0 unspecified atom stereocenters. The Hall–Kier alpha value is -1.82. The normalized spacial score (nSPS) is 10.3. The number of amides is 1. The molecule has 0 radical (unpaired) electrons. The van der Waals surface area contributed by atoms with Crippen LogP contribution in [0.3, 0.4) is 0 Å². The van der Waals surface area contributed by atoms with Crippen LogP contribution in [0.25, 0.3) is 0 Å². The van der Waals surface area contributed by atoms with Crippen molar-refractivity contribution < 1.29 is 9.53 Å². The number of nitrogens with zero attached hydrogens (tertiary/aromatic N) is 1. The highest BCUT2D eigenvalue weighted by molar-refractivity contribution is 7.12. The third-order valence-electron chi connectivity index (χ3n) is 2.47. The van der Waals surface area contributed by atoms with E-state index in [1.54, 1.807) is 25.6 Å². The van der Waals surface area contributed by atoms with Gasteiger partial charge in [-0.25, -0.2) is 4.98 Å². The molecule has 0 saturated carbocycles. The van der Waals surface area contributed by atoms with E-state index in [2.05, 4.69) is 15.3 Å². The van der Waals surface area contributed by atoms with Crippen LogP contribution in [0.15, 0.2) is 23.8 Å². The molecule has 0 saturated heterocycles. The highest BCUT2D eigenvalue weighted by atomic mass is 32.1. The number of carbonyl (C=O) groups is 1. The first-order valence-electron chi connectivity index (χ1n) is 5.68. The number of imidazole rings is 1. The number of nitrogens with one attached hydrogen (secondary N) is 2. The van der Waals surface area contributed by atoms with E-state index in [-0.39, 0.29) is 5.91 Å². The molecule has 2 aromatic heterocycles. The topological polar surface area (TPSA) is 67.0 Å². The molecule has 96 valence electrons. The largest absolute Gasteiger partial charge is 0.496 e. The van der Waals surface area contributed by atoms with Crippen LogP contribution in [0.5, 0.6) is 5.75 Å². The summed E-state index contributed by atoms with van der Waals surface area (Å²) in [5.74, 6) is 1.62. The quantitative estimate of drug-likeness (QED) is 0.783. The minimum Gasteiger partial charge on any atom is -0.496 e. The van der Waals surface area contributed by atoms with Crippen LogP contribution in [-0.2, 0) is 6.42 Å². The number of hydrogen-bond donors (Lipinski definition) is 2. The maximum absolute atomic E-state index is 11.8. The van der Waals surface area contributed by atoms with Gasteiger partial charge in [-0.2, -0.15) is 0 Å². The molecule has 0 aromatic carbocycles. The lowest BCUT2D eigenvalue weighted by molar-refractivity contribution is 0.0957. The Kier molecular flexibility index (Phi) is 4.35. The summed E-state index contributed by atoms with van der Waals surface area (Å²) < 4.78 is 5.04. The molecule has 1 amide bonds. The molecule has 2 aromatic rings.